The molecule has 7 heteroatoms. The largest absolute Gasteiger partial charge is 0.492 e. The minimum absolute atomic E-state index is 0.0823. The Morgan fingerprint density at radius 2 is 2.11 bits per heavy atom. The molecule has 0 aliphatic rings. The van der Waals surface area contributed by atoms with Crippen LogP contribution in [0.2, 0.25) is 0 Å². The van der Waals surface area contributed by atoms with Gasteiger partial charge in [0.2, 0.25) is 5.91 Å². The van der Waals surface area contributed by atoms with Gasteiger partial charge in [-0.2, -0.15) is 0 Å². The first-order valence-electron chi connectivity index (χ1n) is 5.23. The van der Waals surface area contributed by atoms with Crippen molar-refractivity contribution in [3.8, 4) is 5.75 Å². The number of ether oxygens (including phenoxy) is 1. The van der Waals surface area contributed by atoms with Crippen LogP contribution in [0.5, 0.6) is 5.75 Å². The van der Waals surface area contributed by atoms with E-state index in [1.54, 1.807) is 13.0 Å². The van der Waals surface area contributed by atoms with Gasteiger partial charge in [-0.1, -0.05) is 6.07 Å². The summed E-state index contributed by atoms with van der Waals surface area (Å²) in [5, 5.41) is 2.44. The van der Waals surface area contributed by atoms with Gasteiger partial charge in [0.15, 0.2) is 0 Å². The summed E-state index contributed by atoms with van der Waals surface area (Å²) >= 11 is 0. The summed E-state index contributed by atoms with van der Waals surface area (Å²) in [6.07, 6.45) is 0.145. The van der Waals surface area contributed by atoms with Gasteiger partial charge in [-0.25, -0.2) is 8.42 Å². The van der Waals surface area contributed by atoms with E-state index in [0.29, 0.717) is 0 Å². The molecule has 100 valence electrons. The van der Waals surface area contributed by atoms with Gasteiger partial charge < -0.3 is 10.1 Å². The number of hydrogen-bond acceptors (Lipinski definition) is 4. The lowest BCUT2D eigenvalue weighted by Gasteiger charge is -2.09. The zero-order valence-electron chi connectivity index (χ0n) is 10.1. The Bertz CT molecular complexity index is 542. The van der Waals surface area contributed by atoms with Crippen molar-refractivity contribution in [1.29, 1.82) is 0 Å². The van der Waals surface area contributed by atoms with Crippen LogP contribution in [-0.2, 0) is 13.8 Å². The summed E-state index contributed by atoms with van der Waals surface area (Å²) < 4.78 is 28.0. The quantitative estimate of drug-likeness (QED) is 0.833. The summed E-state index contributed by atoms with van der Waals surface area (Å²) in [6.45, 7) is 1.84. The number of carbonyl (C=O) groups excluding carboxylic acids is 1. The normalized spacial score (nSPS) is 11.1. The Kier molecular flexibility index (Phi) is 4.98. The molecule has 18 heavy (non-hydrogen) atoms. The molecule has 0 spiro atoms. The standard InChI is InChI=1S/C11H14ClNO4S/c1-8-3-4-9(10(7-8)18(12,15)16)17-6-5-11(14)13-2/h3-4,7H,5-6H2,1-2H3,(H,13,14). The number of amides is 1. The van der Waals surface area contributed by atoms with Crippen LogP contribution in [0.25, 0.3) is 0 Å². The van der Waals surface area contributed by atoms with Gasteiger partial charge in [0.05, 0.1) is 13.0 Å². The van der Waals surface area contributed by atoms with E-state index in [1.807, 2.05) is 0 Å². The third kappa shape index (κ3) is 4.19. The fourth-order valence-electron chi connectivity index (χ4n) is 1.30. The lowest BCUT2D eigenvalue weighted by molar-refractivity contribution is -0.121. The Balaban J connectivity index is 2.86. The maximum atomic E-state index is 11.4. The van der Waals surface area contributed by atoms with E-state index in [0.717, 1.165) is 5.56 Å². The highest BCUT2D eigenvalue weighted by atomic mass is 35.7. The average molecular weight is 292 g/mol. The minimum Gasteiger partial charge on any atom is -0.492 e. The number of halogens is 1. The first-order chi connectivity index (χ1) is 8.34. The monoisotopic (exact) mass is 291 g/mol. The molecular weight excluding hydrogens is 278 g/mol. The summed E-state index contributed by atoms with van der Waals surface area (Å²) in [7, 11) is 2.97. The average Bonchev–Trinajstić information content (AvgIpc) is 2.29. The fraction of sp³-hybridized carbons (Fsp3) is 0.364. The number of benzene rings is 1. The summed E-state index contributed by atoms with van der Waals surface area (Å²) in [4.78, 5) is 10.9. The molecule has 1 aromatic rings. The van der Waals surface area contributed by atoms with Crippen LogP contribution in [-0.4, -0.2) is 28.0 Å². The van der Waals surface area contributed by atoms with Crippen molar-refractivity contribution < 1.29 is 17.9 Å². The molecular formula is C11H14ClNO4S. The molecule has 0 saturated carbocycles. The predicted octanol–water partition coefficient (Wildman–Crippen LogP) is 1.44. The van der Waals surface area contributed by atoms with Gasteiger partial charge in [-0.05, 0) is 24.6 Å². The number of aryl methyl sites for hydroxylation is 1. The van der Waals surface area contributed by atoms with Crippen molar-refractivity contribution in [1.82, 2.24) is 5.32 Å². The first kappa shape index (κ1) is 14.8. The molecule has 0 unspecified atom stereocenters. The van der Waals surface area contributed by atoms with E-state index in [4.69, 9.17) is 15.4 Å². The number of rotatable bonds is 5. The highest BCUT2D eigenvalue weighted by Crippen LogP contribution is 2.27. The van der Waals surface area contributed by atoms with Crippen LogP contribution in [0.4, 0.5) is 0 Å². The van der Waals surface area contributed by atoms with Crippen LogP contribution in [0.1, 0.15) is 12.0 Å². The van der Waals surface area contributed by atoms with E-state index in [1.165, 1.54) is 19.2 Å². The van der Waals surface area contributed by atoms with Crippen LogP contribution < -0.4 is 10.1 Å². The smallest absolute Gasteiger partial charge is 0.264 e. The molecule has 0 bridgehead atoms. The fourth-order valence-corrected chi connectivity index (χ4v) is 2.36. The van der Waals surface area contributed by atoms with Gasteiger partial charge >= 0.3 is 0 Å². The Labute approximate surface area is 111 Å². The van der Waals surface area contributed by atoms with Crippen molar-refractivity contribution in [2.75, 3.05) is 13.7 Å². The zero-order chi connectivity index (χ0) is 13.8. The Morgan fingerprint density at radius 3 is 2.67 bits per heavy atom. The maximum Gasteiger partial charge on any atom is 0.264 e. The molecule has 0 radical (unpaired) electrons. The molecule has 0 heterocycles. The third-order valence-electron chi connectivity index (χ3n) is 2.23. The van der Waals surface area contributed by atoms with E-state index in [-0.39, 0.29) is 29.6 Å². The van der Waals surface area contributed by atoms with Crippen LogP contribution >= 0.6 is 10.7 Å². The van der Waals surface area contributed by atoms with Crippen molar-refractivity contribution in [2.45, 2.75) is 18.2 Å². The molecule has 0 aliphatic carbocycles. The van der Waals surface area contributed by atoms with Gasteiger partial charge in [0, 0.05) is 17.7 Å². The zero-order valence-corrected chi connectivity index (χ0v) is 11.6. The first-order valence-corrected chi connectivity index (χ1v) is 7.54. The topological polar surface area (TPSA) is 72.5 Å². The molecule has 0 fully saturated rings. The molecule has 0 aliphatic heterocycles. The maximum absolute atomic E-state index is 11.4. The second-order valence-corrected chi connectivity index (χ2v) is 6.19. The second kappa shape index (κ2) is 6.06. The summed E-state index contributed by atoms with van der Waals surface area (Å²) in [5.74, 6) is -0.0307. The Morgan fingerprint density at radius 1 is 1.44 bits per heavy atom. The van der Waals surface area contributed by atoms with Crippen molar-refractivity contribution in [3.63, 3.8) is 0 Å². The lowest BCUT2D eigenvalue weighted by atomic mass is 10.2. The highest BCUT2D eigenvalue weighted by Gasteiger charge is 2.17. The second-order valence-electron chi connectivity index (χ2n) is 3.66. The molecule has 0 saturated heterocycles. The molecule has 5 nitrogen and oxygen atoms in total. The highest BCUT2D eigenvalue weighted by molar-refractivity contribution is 8.13. The molecule has 1 N–H and O–H groups in total. The molecule has 0 aromatic heterocycles. The van der Waals surface area contributed by atoms with E-state index >= 15 is 0 Å². The van der Waals surface area contributed by atoms with Gasteiger partial charge in [0.1, 0.15) is 10.6 Å². The SMILES string of the molecule is CNC(=O)CCOc1ccc(C)cc1S(=O)(=O)Cl. The lowest BCUT2D eigenvalue weighted by Crippen LogP contribution is -2.20. The number of carbonyl (C=O) groups is 1. The van der Waals surface area contributed by atoms with Crippen LogP contribution in [0.15, 0.2) is 23.1 Å². The van der Waals surface area contributed by atoms with Gasteiger partial charge in [0.25, 0.3) is 9.05 Å². The minimum atomic E-state index is -3.87. The number of hydrogen-bond donors (Lipinski definition) is 1. The summed E-state index contributed by atoms with van der Waals surface area (Å²) in [6, 6.07) is 4.66. The molecule has 1 amide bonds. The summed E-state index contributed by atoms with van der Waals surface area (Å²) in [5.41, 5.74) is 0.757. The predicted molar refractivity (Wildman–Crippen MR) is 68.4 cm³/mol. The molecule has 1 rings (SSSR count). The van der Waals surface area contributed by atoms with Gasteiger partial charge in [-0.15, -0.1) is 0 Å². The van der Waals surface area contributed by atoms with Crippen LogP contribution in [0.3, 0.4) is 0 Å². The third-order valence-corrected chi connectivity index (χ3v) is 3.57. The molecule has 1 aromatic carbocycles. The van der Waals surface area contributed by atoms with E-state index in [2.05, 4.69) is 5.32 Å². The van der Waals surface area contributed by atoms with E-state index in [9.17, 15) is 13.2 Å². The van der Waals surface area contributed by atoms with Crippen molar-refractivity contribution in [2.24, 2.45) is 0 Å². The van der Waals surface area contributed by atoms with Crippen molar-refractivity contribution >= 4 is 25.6 Å². The van der Waals surface area contributed by atoms with Crippen LogP contribution in [0, 0.1) is 6.92 Å². The van der Waals surface area contributed by atoms with E-state index < -0.39 is 9.05 Å². The van der Waals surface area contributed by atoms with Gasteiger partial charge in [-0.3, -0.25) is 4.79 Å². The molecule has 0 atom stereocenters. The van der Waals surface area contributed by atoms with Crippen molar-refractivity contribution in [3.05, 3.63) is 23.8 Å². The number of nitrogens with one attached hydrogen (secondary N) is 1. The Hall–Kier alpha value is -1.27.